The van der Waals surface area contributed by atoms with Crippen LogP contribution < -0.4 is 5.32 Å². The Morgan fingerprint density at radius 1 is 1.44 bits per heavy atom. The molecule has 4 nitrogen and oxygen atoms in total. The fourth-order valence-corrected chi connectivity index (χ4v) is 4.43. The normalized spacial score (nSPS) is 18.0. The van der Waals surface area contributed by atoms with E-state index in [1.54, 1.807) is 11.6 Å². The average Bonchev–Trinajstić information content (AvgIpc) is 2.71. The van der Waals surface area contributed by atoms with E-state index in [1.807, 2.05) is 0 Å². The Balaban J connectivity index is 0.00000128. The first-order valence-corrected chi connectivity index (χ1v) is 7.54. The molecule has 1 aromatic heterocycles. The molecule has 0 aromatic carbocycles. The number of thiazole rings is 1. The number of rotatable bonds is 3. The van der Waals surface area contributed by atoms with Gasteiger partial charge in [-0.3, -0.25) is 0 Å². The molecular weight excluding hydrogens is 268 g/mol. The van der Waals surface area contributed by atoms with Gasteiger partial charge in [0.05, 0.1) is 5.75 Å². The molecular formula is C9H15ClN2O2S2. The summed E-state index contributed by atoms with van der Waals surface area (Å²) in [6.45, 7) is 1.86. The van der Waals surface area contributed by atoms with Gasteiger partial charge in [-0.25, -0.2) is 13.4 Å². The predicted octanol–water partition coefficient (Wildman–Crippen LogP) is 1.34. The van der Waals surface area contributed by atoms with Crippen molar-refractivity contribution in [2.24, 2.45) is 5.92 Å². The van der Waals surface area contributed by atoms with Gasteiger partial charge in [0.2, 0.25) is 14.2 Å². The summed E-state index contributed by atoms with van der Waals surface area (Å²) in [7, 11) is -3.14. The highest BCUT2D eigenvalue weighted by atomic mass is 35.5. The molecule has 16 heavy (non-hydrogen) atoms. The average molecular weight is 283 g/mol. The summed E-state index contributed by atoms with van der Waals surface area (Å²) in [6, 6.07) is 0. The third-order valence-corrected chi connectivity index (χ3v) is 5.75. The number of hydrogen-bond donors (Lipinski definition) is 1. The molecule has 0 unspecified atom stereocenters. The number of hydrogen-bond acceptors (Lipinski definition) is 5. The molecule has 1 fully saturated rings. The van der Waals surface area contributed by atoms with Crippen LogP contribution >= 0.6 is 23.7 Å². The zero-order chi connectivity index (χ0) is 10.7. The van der Waals surface area contributed by atoms with Crippen LogP contribution in [0.5, 0.6) is 0 Å². The second-order valence-corrected chi connectivity index (χ2v) is 6.88. The van der Waals surface area contributed by atoms with Crippen LogP contribution in [0.2, 0.25) is 0 Å². The Hall–Kier alpha value is -0.170. The summed E-state index contributed by atoms with van der Waals surface area (Å²) < 4.78 is 24.0. The minimum atomic E-state index is -3.14. The Morgan fingerprint density at radius 2 is 2.12 bits per heavy atom. The van der Waals surface area contributed by atoms with Gasteiger partial charge >= 0.3 is 0 Å². The van der Waals surface area contributed by atoms with E-state index in [4.69, 9.17) is 0 Å². The van der Waals surface area contributed by atoms with E-state index in [1.165, 1.54) is 11.3 Å². The summed E-state index contributed by atoms with van der Waals surface area (Å²) in [4.78, 5) is 3.87. The molecule has 1 aliphatic rings. The van der Waals surface area contributed by atoms with Crippen LogP contribution in [0.1, 0.15) is 12.8 Å². The van der Waals surface area contributed by atoms with Crippen molar-refractivity contribution in [3.8, 4) is 0 Å². The topological polar surface area (TPSA) is 59.1 Å². The van der Waals surface area contributed by atoms with Crippen molar-refractivity contribution in [2.45, 2.75) is 17.2 Å². The molecule has 0 amide bonds. The highest BCUT2D eigenvalue weighted by molar-refractivity contribution is 7.93. The quantitative estimate of drug-likeness (QED) is 0.909. The highest BCUT2D eigenvalue weighted by Crippen LogP contribution is 2.20. The second kappa shape index (κ2) is 5.95. The van der Waals surface area contributed by atoms with E-state index >= 15 is 0 Å². The molecule has 0 saturated carbocycles. The third-order valence-electron chi connectivity index (χ3n) is 2.59. The van der Waals surface area contributed by atoms with Gasteiger partial charge in [0, 0.05) is 11.6 Å². The minimum Gasteiger partial charge on any atom is -0.317 e. The Labute approximate surface area is 106 Å². The van der Waals surface area contributed by atoms with Gasteiger partial charge in [0.25, 0.3) is 0 Å². The van der Waals surface area contributed by atoms with Crippen LogP contribution in [0.4, 0.5) is 0 Å². The van der Waals surface area contributed by atoms with Crippen molar-refractivity contribution in [3.63, 3.8) is 0 Å². The minimum absolute atomic E-state index is 0. The van der Waals surface area contributed by atoms with Crippen LogP contribution in [0, 0.1) is 5.92 Å². The van der Waals surface area contributed by atoms with Crippen molar-refractivity contribution in [3.05, 3.63) is 11.6 Å². The summed E-state index contributed by atoms with van der Waals surface area (Å²) in [5.74, 6) is 0.544. The van der Waals surface area contributed by atoms with Gasteiger partial charge in [-0.2, -0.15) is 0 Å². The van der Waals surface area contributed by atoms with Crippen LogP contribution in [0.3, 0.4) is 0 Å². The van der Waals surface area contributed by atoms with Crippen molar-refractivity contribution in [1.29, 1.82) is 0 Å². The maximum absolute atomic E-state index is 11.9. The molecule has 92 valence electrons. The standard InChI is InChI=1S/C9H14N2O2S2.ClH/c12-15(13,9-11-5-6-14-9)7-8-1-3-10-4-2-8;/h5-6,8,10H,1-4,7H2;1H. The number of nitrogens with one attached hydrogen (secondary N) is 1. The molecule has 0 atom stereocenters. The lowest BCUT2D eigenvalue weighted by Crippen LogP contribution is -2.31. The smallest absolute Gasteiger partial charge is 0.209 e. The zero-order valence-corrected chi connectivity index (χ0v) is 11.2. The van der Waals surface area contributed by atoms with Crippen molar-refractivity contribution in [2.75, 3.05) is 18.8 Å². The largest absolute Gasteiger partial charge is 0.317 e. The summed E-state index contributed by atoms with van der Waals surface area (Å²) >= 11 is 1.20. The number of halogens is 1. The first-order valence-electron chi connectivity index (χ1n) is 5.01. The van der Waals surface area contributed by atoms with Crippen molar-refractivity contribution >= 4 is 33.6 Å². The molecule has 2 heterocycles. The zero-order valence-electron chi connectivity index (χ0n) is 8.76. The maximum atomic E-state index is 11.9. The number of piperidine rings is 1. The van der Waals surface area contributed by atoms with Crippen LogP contribution in [0.15, 0.2) is 15.9 Å². The molecule has 1 aliphatic heterocycles. The Bertz CT molecular complexity index is 399. The molecule has 0 spiro atoms. The fraction of sp³-hybridized carbons (Fsp3) is 0.667. The van der Waals surface area contributed by atoms with Crippen LogP contribution in [-0.2, 0) is 9.84 Å². The lowest BCUT2D eigenvalue weighted by molar-refractivity contribution is 0.401. The van der Waals surface area contributed by atoms with Gasteiger partial charge in [0.1, 0.15) is 0 Å². The van der Waals surface area contributed by atoms with Gasteiger partial charge in [-0.05, 0) is 31.8 Å². The maximum Gasteiger partial charge on any atom is 0.209 e. The Kier molecular flexibility index (Phi) is 5.17. The fourth-order valence-electron chi connectivity index (χ4n) is 1.79. The first kappa shape index (κ1) is 13.9. The lowest BCUT2D eigenvalue weighted by atomic mass is 10.0. The van der Waals surface area contributed by atoms with Crippen LogP contribution in [0.25, 0.3) is 0 Å². The van der Waals surface area contributed by atoms with E-state index < -0.39 is 9.84 Å². The molecule has 7 heteroatoms. The van der Waals surface area contributed by atoms with E-state index in [9.17, 15) is 8.42 Å². The van der Waals surface area contributed by atoms with Gasteiger partial charge < -0.3 is 5.32 Å². The van der Waals surface area contributed by atoms with E-state index in [0.717, 1.165) is 25.9 Å². The summed E-state index contributed by atoms with van der Waals surface area (Å²) in [5.41, 5.74) is 0. The number of nitrogens with zero attached hydrogens (tertiary/aromatic N) is 1. The molecule has 0 bridgehead atoms. The van der Waals surface area contributed by atoms with E-state index in [2.05, 4.69) is 10.3 Å². The highest BCUT2D eigenvalue weighted by Gasteiger charge is 2.24. The van der Waals surface area contributed by atoms with Crippen molar-refractivity contribution < 1.29 is 8.42 Å². The molecule has 1 aromatic rings. The summed E-state index contributed by atoms with van der Waals surface area (Å²) in [6.07, 6.45) is 3.44. The monoisotopic (exact) mass is 282 g/mol. The number of aromatic nitrogens is 1. The van der Waals surface area contributed by atoms with Gasteiger partial charge in [-0.1, -0.05) is 0 Å². The van der Waals surface area contributed by atoms with Crippen molar-refractivity contribution in [1.82, 2.24) is 10.3 Å². The SMILES string of the molecule is Cl.O=S(=O)(CC1CCNCC1)c1nccs1. The predicted molar refractivity (Wildman–Crippen MR) is 67.0 cm³/mol. The molecule has 0 radical (unpaired) electrons. The Morgan fingerprint density at radius 3 is 2.69 bits per heavy atom. The molecule has 1 N–H and O–H groups in total. The molecule has 1 saturated heterocycles. The number of sulfone groups is 1. The summed E-state index contributed by atoms with van der Waals surface area (Å²) in [5, 5.41) is 4.93. The second-order valence-electron chi connectivity index (χ2n) is 3.77. The van der Waals surface area contributed by atoms with E-state index in [-0.39, 0.29) is 22.5 Å². The first-order chi connectivity index (χ1) is 7.18. The molecule has 2 rings (SSSR count). The van der Waals surface area contributed by atoms with Gasteiger partial charge in [0.15, 0.2) is 0 Å². The third kappa shape index (κ3) is 3.41. The lowest BCUT2D eigenvalue weighted by Gasteiger charge is -2.21. The molecule has 0 aliphatic carbocycles. The van der Waals surface area contributed by atoms with E-state index in [0.29, 0.717) is 5.92 Å². The van der Waals surface area contributed by atoms with Gasteiger partial charge in [-0.15, -0.1) is 23.7 Å². The van der Waals surface area contributed by atoms with Crippen LogP contribution in [-0.4, -0.2) is 32.2 Å².